The van der Waals surface area contributed by atoms with Crippen molar-refractivity contribution in [1.82, 2.24) is 14.5 Å². The number of ether oxygens (including phenoxy) is 1. The highest BCUT2D eigenvalue weighted by molar-refractivity contribution is 5.68. The number of rotatable bonds is 2. The van der Waals surface area contributed by atoms with Crippen LogP contribution in [0.1, 0.15) is 37.6 Å². The molecule has 1 aliphatic rings. The minimum absolute atomic E-state index is 0.0308. The van der Waals surface area contributed by atoms with Crippen LogP contribution in [0.25, 0.3) is 0 Å². The maximum Gasteiger partial charge on any atom is 0.410 e. The van der Waals surface area contributed by atoms with E-state index in [9.17, 15) is 22.8 Å². The van der Waals surface area contributed by atoms with Gasteiger partial charge in [0.15, 0.2) is 17.5 Å². The number of nitrogens with zero attached hydrogens (tertiary/aromatic N) is 3. The fourth-order valence-electron chi connectivity index (χ4n) is 2.94. The molecule has 0 unspecified atom stereocenters. The van der Waals surface area contributed by atoms with Crippen molar-refractivity contribution in [3.8, 4) is 0 Å². The number of halogens is 3. The van der Waals surface area contributed by atoms with E-state index in [-0.39, 0.29) is 18.7 Å². The van der Waals surface area contributed by atoms with Crippen molar-refractivity contribution in [1.29, 1.82) is 0 Å². The van der Waals surface area contributed by atoms with Gasteiger partial charge in [0, 0.05) is 13.0 Å². The molecular weight excluding hydrogens is 375 g/mol. The quantitative estimate of drug-likeness (QED) is 0.734. The van der Waals surface area contributed by atoms with Gasteiger partial charge in [0.1, 0.15) is 5.60 Å². The second kappa shape index (κ2) is 7.29. The average Bonchev–Trinajstić information content (AvgIpc) is 2.60. The Morgan fingerprint density at radius 2 is 1.86 bits per heavy atom. The lowest BCUT2D eigenvalue weighted by Crippen LogP contribution is -2.43. The first-order valence-corrected chi connectivity index (χ1v) is 8.73. The van der Waals surface area contributed by atoms with Gasteiger partial charge >= 0.3 is 6.09 Å². The molecule has 9 heteroatoms. The third-order valence-electron chi connectivity index (χ3n) is 4.24. The number of amides is 1. The van der Waals surface area contributed by atoms with Gasteiger partial charge in [-0.1, -0.05) is 0 Å². The summed E-state index contributed by atoms with van der Waals surface area (Å²) < 4.78 is 46.4. The highest BCUT2D eigenvalue weighted by Crippen LogP contribution is 2.18. The number of carbonyl (C=O) groups excluding carboxylic acids is 1. The second-order valence-corrected chi connectivity index (χ2v) is 7.63. The summed E-state index contributed by atoms with van der Waals surface area (Å²) >= 11 is 0. The van der Waals surface area contributed by atoms with E-state index in [2.05, 4.69) is 4.98 Å². The van der Waals surface area contributed by atoms with Crippen molar-refractivity contribution < 1.29 is 22.7 Å². The summed E-state index contributed by atoms with van der Waals surface area (Å²) in [7, 11) is 0. The third kappa shape index (κ3) is 4.18. The predicted octanol–water partition coefficient (Wildman–Crippen LogP) is 3.00. The average molecular weight is 395 g/mol. The monoisotopic (exact) mass is 395 g/mol. The summed E-state index contributed by atoms with van der Waals surface area (Å²) in [5, 5.41) is 0. The molecule has 0 fully saturated rings. The van der Waals surface area contributed by atoms with Crippen molar-refractivity contribution in [2.75, 3.05) is 6.54 Å². The summed E-state index contributed by atoms with van der Waals surface area (Å²) in [5.41, 5.74) is -0.118. The van der Waals surface area contributed by atoms with Crippen molar-refractivity contribution in [2.24, 2.45) is 0 Å². The van der Waals surface area contributed by atoms with Crippen LogP contribution in [0, 0.1) is 17.5 Å². The van der Waals surface area contributed by atoms with E-state index in [0.29, 0.717) is 24.2 Å². The van der Waals surface area contributed by atoms with E-state index in [1.807, 2.05) is 0 Å². The minimum Gasteiger partial charge on any atom is -0.444 e. The molecule has 150 valence electrons. The van der Waals surface area contributed by atoms with Crippen LogP contribution in [0.2, 0.25) is 0 Å². The van der Waals surface area contributed by atoms with Crippen LogP contribution in [0.15, 0.2) is 23.3 Å². The Bertz CT molecular complexity index is 960. The molecule has 0 bridgehead atoms. The topological polar surface area (TPSA) is 64.4 Å². The van der Waals surface area contributed by atoms with Gasteiger partial charge in [-0.2, -0.15) is 0 Å². The zero-order chi connectivity index (χ0) is 20.6. The van der Waals surface area contributed by atoms with Gasteiger partial charge < -0.3 is 9.64 Å². The summed E-state index contributed by atoms with van der Waals surface area (Å²) in [6, 6.07) is 1.66. The molecule has 3 rings (SSSR count). The molecule has 1 amide bonds. The van der Waals surface area contributed by atoms with Crippen molar-refractivity contribution >= 4 is 6.09 Å². The largest absolute Gasteiger partial charge is 0.444 e. The van der Waals surface area contributed by atoms with Crippen molar-refractivity contribution in [3.05, 3.63) is 63.1 Å². The van der Waals surface area contributed by atoms with Crippen LogP contribution in [-0.4, -0.2) is 32.7 Å². The Morgan fingerprint density at radius 1 is 1.21 bits per heavy atom. The van der Waals surface area contributed by atoms with E-state index in [4.69, 9.17) is 4.74 Å². The van der Waals surface area contributed by atoms with Gasteiger partial charge in [0.2, 0.25) is 0 Å². The number of carbonyl (C=O) groups is 1. The highest BCUT2D eigenvalue weighted by atomic mass is 19.2. The SMILES string of the molecule is CC(C)(C)OC(=O)N1CCc2ncn(Cc3cc(F)c(F)c(F)c3)c(=O)c2C1. The maximum atomic E-state index is 13.4. The second-order valence-electron chi connectivity index (χ2n) is 7.63. The molecule has 0 aliphatic carbocycles. The molecule has 0 radical (unpaired) electrons. The molecule has 0 saturated heterocycles. The summed E-state index contributed by atoms with van der Waals surface area (Å²) in [6.45, 7) is 5.46. The van der Waals surface area contributed by atoms with E-state index >= 15 is 0 Å². The molecule has 1 aliphatic heterocycles. The molecule has 2 aromatic rings. The first kappa shape index (κ1) is 19.9. The van der Waals surface area contributed by atoms with E-state index in [1.54, 1.807) is 20.8 Å². The zero-order valence-corrected chi connectivity index (χ0v) is 15.8. The molecule has 0 saturated carbocycles. The first-order chi connectivity index (χ1) is 13.0. The van der Waals surface area contributed by atoms with E-state index in [0.717, 1.165) is 12.1 Å². The normalized spacial score (nSPS) is 14.0. The number of aromatic nitrogens is 2. The Hall–Kier alpha value is -2.84. The van der Waals surface area contributed by atoms with Gasteiger partial charge in [-0.15, -0.1) is 0 Å². The standard InChI is InChI=1S/C19H20F3N3O3/c1-19(2,3)28-18(27)24-5-4-15-12(9-24)17(26)25(10-23-15)8-11-6-13(20)16(22)14(21)7-11/h6-7,10H,4-5,8-9H2,1-3H3. The molecule has 6 nitrogen and oxygen atoms in total. The Balaban J connectivity index is 1.86. The van der Waals surface area contributed by atoms with Crippen LogP contribution >= 0.6 is 0 Å². The number of hydrogen-bond acceptors (Lipinski definition) is 4. The highest BCUT2D eigenvalue weighted by Gasteiger charge is 2.28. The minimum atomic E-state index is -1.56. The molecule has 1 aromatic heterocycles. The van der Waals surface area contributed by atoms with Gasteiger partial charge in [-0.25, -0.2) is 22.9 Å². The van der Waals surface area contributed by atoms with E-state index < -0.39 is 34.7 Å². The zero-order valence-electron chi connectivity index (χ0n) is 15.8. The van der Waals surface area contributed by atoms with Gasteiger partial charge in [0.05, 0.1) is 30.7 Å². The van der Waals surface area contributed by atoms with Crippen LogP contribution in [0.4, 0.5) is 18.0 Å². The molecule has 2 heterocycles. The molecule has 0 atom stereocenters. The predicted molar refractivity (Wildman–Crippen MR) is 94.3 cm³/mol. The smallest absolute Gasteiger partial charge is 0.410 e. The van der Waals surface area contributed by atoms with Gasteiger partial charge in [-0.3, -0.25) is 9.36 Å². The first-order valence-electron chi connectivity index (χ1n) is 8.73. The molecule has 28 heavy (non-hydrogen) atoms. The number of fused-ring (bicyclic) bond motifs is 1. The lowest BCUT2D eigenvalue weighted by molar-refractivity contribution is 0.0221. The molecule has 1 aromatic carbocycles. The number of benzene rings is 1. The van der Waals surface area contributed by atoms with Crippen LogP contribution < -0.4 is 5.56 Å². The Kier molecular flexibility index (Phi) is 5.18. The molecular formula is C19H20F3N3O3. The molecule has 0 N–H and O–H groups in total. The fourth-order valence-corrected chi connectivity index (χ4v) is 2.94. The summed E-state index contributed by atoms with van der Waals surface area (Å²) in [6.07, 6.45) is 1.14. The third-order valence-corrected chi connectivity index (χ3v) is 4.24. The maximum absolute atomic E-state index is 13.4. The lowest BCUT2D eigenvalue weighted by atomic mass is 10.1. The Labute approximate surface area is 159 Å². The van der Waals surface area contributed by atoms with Crippen molar-refractivity contribution in [2.45, 2.75) is 45.9 Å². The van der Waals surface area contributed by atoms with Crippen LogP contribution in [-0.2, 0) is 24.2 Å². The lowest BCUT2D eigenvalue weighted by Gasteiger charge is -2.30. The van der Waals surface area contributed by atoms with Crippen molar-refractivity contribution in [3.63, 3.8) is 0 Å². The Morgan fingerprint density at radius 3 is 2.46 bits per heavy atom. The fraction of sp³-hybridized carbons (Fsp3) is 0.421. The summed E-state index contributed by atoms with van der Waals surface area (Å²) in [5.74, 6) is -4.22. The van der Waals surface area contributed by atoms with Gasteiger partial charge in [0.25, 0.3) is 5.56 Å². The summed E-state index contributed by atoms with van der Waals surface area (Å²) in [4.78, 5) is 30.7. The van der Waals surface area contributed by atoms with E-state index in [1.165, 1.54) is 15.8 Å². The van der Waals surface area contributed by atoms with Crippen LogP contribution in [0.3, 0.4) is 0 Å². The van der Waals surface area contributed by atoms with Crippen LogP contribution in [0.5, 0.6) is 0 Å². The number of hydrogen-bond donors (Lipinski definition) is 0. The molecule has 0 spiro atoms. The van der Waals surface area contributed by atoms with Gasteiger partial charge in [-0.05, 0) is 38.5 Å².